The van der Waals surface area contributed by atoms with Crippen LogP contribution in [0, 0.1) is 6.92 Å². The van der Waals surface area contributed by atoms with Gasteiger partial charge in [0.25, 0.3) is 0 Å². The molecule has 0 bridgehead atoms. The zero-order valence-electron chi connectivity index (χ0n) is 5.71. The largest absolute Gasteiger partial charge is 0.242 e. The Morgan fingerprint density at radius 3 is 3.00 bits per heavy atom. The molecule has 1 heterocycles. The molecule has 0 aromatic carbocycles. The highest BCUT2D eigenvalue weighted by molar-refractivity contribution is 9.10. The molecule has 56 valence electrons. The van der Waals surface area contributed by atoms with Crippen molar-refractivity contribution in [1.29, 1.82) is 0 Å². The molecule has 0 radical (unpaired) electrons. The monoisotopic (exact) mass is 213 g/mol. The number of hydrogen-bond donors (Lipinski definition) is 0. The molecule has 0 atom stereocenters. The van der Waals surface area contributed by atoms with Gasteiger partial charge in [0.1, 0.15) is 4.60 Å². The van der Waals surface area contributed by atoms with Crippen molar-refractivity contribution in [3.05, 3.63) is 16.5 Å². The van der Waals surface area contributed by atoms with Crippen LogP contribution in [-0.2, 0) is 4.79 Å². The minimum absolute atomic E-state index is 0.309. The van der Waals surface area contributed by atoms with Crippen molar-refractivity contribution in [3.8, 4) is 0 Å². The normalized spacial score (nSPS) is 8.91. The Balaban J connectivity index is 3.19. The zero-order valence-corrected chi connectivity index (χ0v) is 7.29. The lowest BCUT2D eigenvalue weighted by atomic mass is 10.5. The van der Waals surface area contributed by atoms with Gasteiger partial charge in [-0.2, -0.15) is 0 Å². The fourth-order valence-electron chi connectivity index (χ4n) is 0.600. The first-order valence-corrected chi connectivity index (χ1v) is 3.60. The smallest absolute Gasteiger partial charge is 0.241 e. The van der Waals surface area contributed by atoms with E-state index in [-0.39, 0.29) is 0 Å². The summed E-state index contributed by atoms with van der Waals surface area (Å²) in [5.74, 6) is 0.309. The van der Waals surface area contributed by atoms with Gasteiger partial charge in [0.2, 0.25) is 6.08 Å². The molecule has 1 aromatic rings. The van der Waals surface area contributed by atoms with Crippen LogP contribution in [0.15, 0.2) is 15.8 Å². The van der Waals surface area contributed by atoms with Crippen molar-refractivity contribution in [2.75, 3.05) is 0 Å². The quantitative estimate of drug-likeness (QED) is 0.525. The molecule has 0 aliphatic carbocycles. The molecule has 0 fully saturated rings. The number of halogens is 1. The van der Waals surface area contributed by atoms with Crippen molar-refractivity contribution in [1.82, 2.24) is 9.97 Å². The maximum atomic E-state index is 9.84. The van der Waals surface area contributed by atoms with Gasteiger partial charge in [0, 0.05) is 0 Å². The Labute approximate surface area is 71.5 Å². The third-order valence-electron chi connectivity index (χ3n) is 1.04. The third-order valence-corrected chi connectivity index (χ3v) is 1.43. The molecule has 4 nitrogen and oxygen atoms in total. The van der Waals surface area contributed by atoms with Gasteiger partial charge in [-0.05, 0) is 22.9 Å². The summed E-state index contributed by atoms with van der Waals surface area (Å²) in [6.45, 7) is 1.72. The van der Waals surface area contributed by atoms with E-state index in [4.69, 9.17) is 0 Å². The molecule has 0 spiro atoms. The van der Waals surface area contributed by atoms with Crippen LogP contribution in [0.3, 0.4) is 0 Å². The molecule has 0 saturated heterocycles. The van der Waals surface area contributed by atoms with E-state index in [0.717, 1.165) is 0 Å². The molecule has 0 unspecified atom stereocenters. The molecule has 1 rings (SSSR count). The van der Waals surface area contributed by atoms with Gasteiger partial charge >= 0.3 is 0 Å². The van der Waals surface area contributed by atoms with Crippen molar-refractivity contribution in [2.45, 2.75) is 6.92 Å². The summed E-state index contributed by atoms with van der Waals surface area (Å²) in [6.07, 6.45) is 2.88. The highest BCUT2D eigenvalue weighted by atomic mass is 79.9. The van der Waals surface area contributed by atoms with E-state index in [1.165, 1.54) is 12.3 Å². The Morgan fingerprint density at radius 2 is 2.45 bits per heavy atom. The lowest BCUT2D eigenvalue weighted by Crippen LogP contribution is -1.85. The maximum Gasteiger partial charge on any atom is 0.242 e. The number of aliphatic imine (C=N–C) groups is 1. The number of isocyanates is 1. The number of hydrogen-bond acceptors (Lipinski definition) is 4. The second-order valence-corrected chi connectivity index (χ2v) is 2.62. The summed E-state index contributed by atoms with van der Waals surface area (Å²) in [4.78, 5) is 21.0. The summed E-state index contributed by atoms with van der Waals surface area (Å²) in [6, 6.07) is 0. The van der Waals surface area contributed by atoms with Crippen LogP contribution in [0.25, 0.3) is 0 Å². The molecule has 0 aliphatic heterocycles. The number of aromatic nitrogens is 2. The van der Waals surface area contributed by atoms with Gasteiger partial charge in [-0.1, -0.05) is 0 Å². The highest BCUT2D eigenvalue weighted by Gasteiger charge is 1.98. The van der Waals surface area contributed by atoms with Crippen molar-refractivity contribution >= 4 is 27.8 Å². The van der Waals surface area contributed by atoms with Gasteiger partial charge in [-0.15, -0.1) is 4.99 Å². The van der Waals surface area contributed by atoms with E-state index in [2.05, 4.69) is 30.9 Å². The third kappa shape index (κ3) is 1.93. The fourth-order valence-corrected chi connectivity index (χ4v) is 0.968. The van der Waals surface area contributed by atoms with Crippen LogP contribution >= 0.6 is 15.9 Å². The Morgan fingerprint density at radius 1 is 1.73 bits per heavy atom. The maximum absolute atomic E-state index is 9.84. The standard InChI is InChI=1S/C6H4BrN3O/c1-4-6(9-3-11)8-2-5(7)10-4/h2H,1H3. The first kappa shape index (κ1) is 8.04. The lowest BCUT2D eigenvalue weighted by Gasteiger charge is -1.94. The minimum Gasteiger partial charge on any atom is -0.241 e. The summed E-state index contributed by atoms with van der Waals surface area (Å²) < 4.78 is 0.625. The first-order valence-electron chi connectivity index (χ1n) is 2.81. The fraction of sp³-hybridized carbons (Fsp3) is 0.167. The van der Waals surface area contributed by atoms with Crippen molar-refractivity contribution < 1.29 is 4.79 Å². The number of carbonyl (C=O) groups excluding carboxylic acids is 1. The number of rotatable bonds is 1. The predicted octanol–water partition coefficient (Wildman–Crippen LogP) is 1.51. The lowest BCUT2D eigenvalue weighted by molar-refractivity contribution is 0.565. The molecular formula is C6H4BrN3O. The second kappa shape index (κ2) is 3.37. The molecule has 0 N–H and O–H groups in total. The van der Waals surface area contributed by atoms with Gasteiger partial charge in [-0.3, -0.25) is 0 Å². The van der Waals surface area contributed by atoms with Crippen LogP contribution in [0.1, 0.15) is 5.69 Å². The van der Waals surface area contributed by atoms with E-state index >= 15 is 0 Å². The van der Waals surface area contributed by atoms with Crippen molar-refractivity contribution in [2.24, 2.45) is 4.99 Å². The molecule has 0 aliphatic rings. The molecule has 0 amide bonds. The van der Waals surface area contributed by atoms with Crippen LogP contribution < -0.4 is 0 Å². The van der Waals surface area contributed by atoms with Crippen LogP contribution in [0.4, 0.5) is 5.82 Å². The van der Waals surface area contributed by atoms with E-state index in [0.29, 0.717) is 16.1 Å². The molecule has 1 aromatic heterocycles. The van der Waals surface area contributed by atoms with Crippen LogP contribution in [-0.4, -0.2) is 16.0 Å². The van der Waals surface area contributed by atoms with Gasteiger partial charge in [-0.25, -0.2) is 14.8 Å². The second-order valence-electron chi connectivity index (χ2n) is 1.80. The molecule has 11 heavy (non-hydrogen) atoms. The van der Waals surface area contributed by atoms with Crippen molar-refractivity contribution in [3.63, 3.8) is 0 Å². The minimum atomic E-state index is 0.309. The van der Waals surface area contributed by atoms with E-state index in [1.807, 2.05) is 0 Å². The molecule has 5 heteroatoms. The topological polar surface area (TPSA) is 55.2 Å². The Kier molecular flexibility index (Phi) is 2.46. The zero-order chi connectivity index (χ0) is 8.27. The molecular weight excluding hydrogens is 210 g/mol. The van der Waals surface area contributed by atoms with Gasteiger partial charge < -0.3 is 0 Å². The highest BCUT2D eigenvalue weighted by Crippen LogP contribution is 2.13. The van der Waals surface area contributed by atoms with Gasteiger partial charge in [0.15, 0.2) is 5.82 Å². The van der Waals surface area contributed by atoms with Crippen LogP contribution in [0.2, 0.25) is 0 Å². The van der Waals surface area contributed by atoms with E-state index in [9.17, 15) is 4.79 Å². The first-order chi connectivity index (χ1) is 5.24. The summed E-state index contributed by atoms with van der Waals surface area (Å²) in [7, 11) is 0. The van der Waals surface area contributed by atoms with Gasteiger partial charge in [0.05, 0.1) is 11.9 Å². The predicted molar refractivity (Wildman–Crippen MR) is 42.3 cm³/mol. The Hall–Kier alpha value is -1.06. The van der Waals surface area contributed by atoms with E-state index < -0.39 is 0 Å². The van der Waals surface area contributed by atoms with E-state index in [1.54, 1.807) is 6.92 Å². The SMILES string of the molecule is Cc1nc(Br)cnc1N=C=O. The average Bonchev–Trinajstić information content (AvgIpc) is 1.95. The van der Waals surface area contributed by atoms with Crippen LogP contribution in [0.5, 0.6) is 0 Å². The summed E-state index contributed by atoms with van der Waals surface area (Å²) in [5.41, 5.74) is 0.600. The number of nitrogens with zero attached hydrogens (tertiary/aromatic N) is 3. The summed E-state index contributed by atoms with van der Waals surface area (Å²) in [5, 5.41) is 0. The number of aryl methyl sites for hydroxylation is 1. The molecule has 0 saturated carbocycles. The average molecular weight is 214 g/mol. The Bertz CT molecular complexity index is 320. The summed E-state index contributed by atoms with van der Waals surface area (Å²) >= 11 is 3.13.